The van der Waals surface area contributed by atoms with Crippen molar-refractivity contribution in [3.63, 3.8) is 0 Å². The molecule has 0 saturated carbocycles. The van der Waals surface area contributed by atoms with E-state index in [0.29, 0.717) is 25.3 Å². The van der Waals surface area contributed by atoms with Crippen LogP contribution in [0.2, 0.25) is 0 Å². The van der Waals surface area contributed by atoms with Gasteiger partial charge in [0.25, 0.3) is 0 Å². The van der Waals surface area contributed by atoms with Crippen LogP contribution in [-0.2, 0) is 33.7 Å². The molecule has 2 aliphatic rings. The van der Waals surface area contributed by atoms with Gasteiger partial charge in [-0.1, -0.05) is 12.1 Å². The van der Waals surface area contributed by atoms with Crippen molar-refractivity contribution in [3.8, 4) is 0 Å². The van der Waals surface area contributed by atoms with Gasteiger partial charge in [0.05, 0.1) is 24.9 Å². The number of carbonyl (C=O) groups is 1. The quantitative estimate of drug-likeness (QED) is 0.404. The second kappa shape index (κ2) is 12.7. The predicted molar refractivity (Wildman–Crippen MR) is 140 cm³/mol. The molecule has 0 radical (unpaired) electrons. The summed E-state index contributed by atoms with van der Waals surface area (Å²) in [7, 11) is 0. The molecule has 0 aliphatic carbocycles. The van der Waals surface area contributed by atoms with Gasteiger partial charge >= 0.3 is 0 Å². The fourth-order valence-electron chi connectivity index (χ4n) is 5.17. The third-order valence-corrected chi connectivity index (χ3v) is 7.03. The van der Waals surface area contributed by atoms with Crippen LogP contribution in [0.25, 0.3) is 0 Å². The molecular weight excluding hydrogens is 457 g/mol. The highest BCUT2D eigenvalue weighted by atomic mass is 19.1. The summed E-state index contributed by atoms with van der Waals surface area (Å²) in [6.07, 6.45) is 6.24. The molecule has 1 aromatic heterocycles. The van der Waals surface area contributed by atoms with Gasteiger partial charge in [0.2, 0.25) is 0 Å². The Balaban J connectivity index is 1.27. The van der Waals surface area contributed by atoms with E-state index in [1.807, 2.05) is 13.8 Å². The molecule has 0 unspecified atom stereocenters. The van der Waals surface area contributed by atoms with Gasteiger partial charge in [-0.15, -0.1) is 0 Å². The first kappa shape index (κ1) is 26.7. The van der Waals surface area contributed by atoms with Gasteiger partial charge in [0.1, 0.15) is 11.6 Å². The zero-order valence-corrected chi connectivity index (χ0v) is 21.9. The lowest BCUT2D eigenvalue weighted by atomic mass is 9.96. The summed E-state index contributed by atoms with van der Waals surface area (Å²) in [5.41, 5.74) is 4.02. The number of ketones is 1. The zero-order chi connectivity index (χ0) is 25.5. The summed E-state index contributed by atoms with van der Waals surface area (Å²) in [5, 5.41) is 3.40. The van der Waals surface area contributed by atoms with E-state index in [4.69, 9.17) is 14.5 Å². The molecule has 1 N–H and O–H groups in total. The highest BCUT2D eigenvalue weighted by molar-refractivity contribution is 5.83. The van der Waals surface area contributed by atoms with Crippen LogP contribution in [-0.4, -0.2) is 54.1 Å². The molecule has 0 spiro atoms. The van der Waals surface area contributed by atoms with Crippen LogP contribution >= 0.6 is 0 Å². The number of nitrogens with zero attached hydrogens (tertiary/aromatic N) is 2. The Hall–Kier alpha value is -2.35. The molecule has 1 aromatic carbocycles. The molecule has 1 fully saturated rings. The molecule has 1 saturated heterocycles. The molecule has 7 heteroatoms. The Kier molecular flexibility index (Phi) is 9.46. The SMILES string of the molecule is CC(=O)[C@H](c1cc(F)ccc1COC(C)C)N1CC[C@@H](OCCCCc2ccc3c(n2)NCCC3)C1. The largest absolute Gasteiger partial charge is 0.377 e. The Morgan fingerprint density at radius 2 is 2.11 bits per heavy atom. The molecule has 6 nitrogen and oxygen atoms in total. The summed E-state index contributed by atoms with van der Waals surface area (Å²) < 4.78 is 26.1. The number of nitrogens with one attached hydrogen (secondary N) is 1. The van der Waals surface area contributed by atoms with Gasteiger partial charge in [-0.3, -0.25) is 9.69 Å². The number of pyridine rings is 1. The molecule has 2 atom stereocenters. The number of Topliss-reactive ketones (excluding diaryl/α,β-unsaturated/α-hetero) is 1. The number of unbranched alkanes of at least 4 members (excludes halogenated alkanes) is 1. The minimum absolute atomic E-state index is 0.0130. The van der Waals surface area contributed by atoms with Crippen molar-refractivity contribution < 1.29 is 18.7 Å². The molecule has 3 heterocycles. The Morgan fingerprint density at radius 3 is 2.92 bits per heavy atom. The third-order valence-electron chi connectivity index (χ3n) is 7.03. The van der Waals surface area contributed by atoms with Gasteiger partial charge in [-0.05, 0) is 94.2 Å². The standard InChI is InChI=1S/C29H40FN3O3/c1-20(2)36-19-23-9-11-24(30)17-27(23)28(21(3)34)33-15-13-26(18-33)35-16-5-4-8-25-12-10-22-7-6-14-31-29(22)32-25/h9-12,17,20,26,28H,4-8,13-16,18-19H2,1-3H3,(H,31,32)/t26-,28-/m1/s1. The smallest absolute Gasteiger partial charge is 0.151 e. The van der Waals surface area contributed by atoms with Gasteiger partial charge in [-0.2, -0.15) is 0 Å². The number of benzene rings is 1. The average Bonchev–Trinajstić information content (AvgIpc) is 3.31. The van der Waals surface area contributed by atoms with Crippen LogP contribution in [0, 0.1) is 5.82 Å². The van der Waals surface area contributed by atoms with Crippen LogP contribution in [0.3, 0.4) is 0 Å². The molecule has 4 rings (SSSR count). The van der Waals surface area contributed by atoms with Crippen LogP contribution in [0.1, 0.15) is 74.9 Å². The Morgan fingerprint density at radius 1 is 1.25 bits per heavy atom. The molecule has 2 aliphatic heterocycles. The Bertz CT molecular complexity index is 1030. The van der Waals surface area contributed by atoms with E-state index in [1.165, 1.54) is 24.1 Å². The number of hydrogen-bond donors (Lipinski definition) is 1. The summed E-state index contributed by atoms with van der Waals surface area (Å²) in [4.78, 5) is 19.6. The monoisotopic (exact) mass is 497 g/mol. The van der Waals surface area contributed by atoms with E-state index in [-0.39, 0.29) is 23.8 Å². The van der Waals surface area contributed by atoms with Gasteiger partial charge in [0, 0.05) is 31.9 Å². The average molecular weight is 498 g/mol. The van der Waals surface area contributed by atoms with E-state index in [9.17, 15) is 9.18 Å². The van der Waals surface area contributed by atoms with Crippen molar-refractivity contribution in [2.24, 2.45) is 0 Å². The summed E-state index contributed by atoms with van der Waals surface area (Å²) in [6, 6.07) is 8.54. The van der Waals surface area contributed by atoms with E-state index in [1.54, 1.807) is 13.0 Å². The Labute approximate surface area is 214 Å². The number of rotatable bonds is 12. The number of likely N-dealkylation sites (tertiary alicyclic amines) is 1. The lowest BCUT2D eigenvalue weighted by Gasteiger charge is -2.28. The molecule has 0 bridgehead atoms. The highest BCUT2D eigenvalue weighted by Crippen LogP contribution is 2.31. The maximum Gasteiger partial charge on any atom is 0.151 e. The summed E-state index contributed by atoms with van der Waals surface area (Å²) in [5.74, 6) is 0.734. The lowest BCUT2D eigenvalue weighted by molar-refractivity contribution is -0.122. The fraction of sp³-hybridized carbons (Fsp3) is 0.586. The first-order valence-corrected chi connectivity index (χ1v) is 13.4. The molecule has 36 heavy (non-hydrogen) atoms. The first-order chi connectivity index (χ1) is 17.4. The summed E-state index contributed by atoms with van der Waals surface area (Å²) in [6.45, 7) is 9.00. The first-order valence-electron chi connectivity index (χ1n) is 13.4. The van der Waals surface area contributed by atoms with Crippen molar-refractivity contribution in [2.75, 3.05) is 31.6 Å². The number of ether oxygens (including phenoxy) is 2. The van der Waals surface area contributed by atoms with Crippen molar-refractivity contribution in [1.29, 1.82) is 0 Å². The molecule has 2 aromatic rings. The third kappa shape index (κ3) is 7.11. The number of carbonyl (C=O) groups excluding carboxylic acids is 1. The second-order valence-electron chi connectivity index (χ2n) is 10.3. The predicted octanol–water partition coefficient (Wildman–Crippen LogP) is 5.25. The number of hydrogen-bond acceptors (Lipinski definition) is 6. The number of fused-ring (bicyclic) bond motifs is 1. The maximum atomic E-state index is 14.2. The fourth-order valence-corrected chi connectivity index (χ4v) is 5.17. The second-order valence-corrected chi connectivity index (χ2v) is 10.3. The van der Waals surface area contributed by atoms with Gasteiger partial charge in [0.15, 0.2) is 5.78 Å². The van der Waals surface area contributed by atoms with E-state index in [0.717, 1.165) is 62.3 Å². The minimum atomic E-state index is -0.483. The van der Waals surface area contributed by atoms with Crippen LogP contribution < -0.4 is 5.32 Å². The van der Waals surface area contributed by atoms with Crippen molar-refractivity contribution in [3.05, 3.63) is 58.5 Å². The highest BCUT2D eigenvalue weighted by Gasteiger charge is 2.33. The normalized spacial score (nSPS) is 18.8. The number of aryl methyl sites for hydroxylation is 2. The van der Waals surface area contributed by atoms with E-state index >= 15 is 0 Å². The number of halogens is 1. The number of aromatic nitrogens is 1. The molecular formula is C29H40FN3O3. The maximum absolute atomic E-state index is 14.2. The van der Waals surface area contributed by atoms with Gasteiger partial charge < -0.3 is 14.8 Å². The van der Waals surface area contributed by atoms with Crippen LogP contribution in [0.4, 0.5) is 10.2 Å². The molecule has 196 valence electrons. The lowest BCUT2D eigenvalue weighted by Crippen LogP contribution is -2.33. The zero-order valence-electron chi connectivity index (χ0n) is 21.9. The van der Waals surface area contributed by atoms with E-state index < -0.39 is 6.04 Å². The van der Waals surface area contributed by atoms with Gasteiger partial charge in [-0.25, -0.2) is 9.37 Å². The van der Waals surface area contributed by atoms with Crippen LogP contribution in [0.5, 0.6) is 0 Å². The van der Waals surface area contributed by atoms with Crippen molar-refractivity contribution in [2.45, 2.75) is 84.2 Å². The number of anilines is 1. The summed E-state index contributed by atoms with van der Waals surface area (Å²) >= 11 is 0. The van der Waals surface area contributed by atoms with Crippen molar-refractivity contribution in [1.82, 2.24) is 9.88 Å². The topological polar surface area (TPSA) is 63.7 Å². The van der Waals surface area contributed by atoms with Crippen molar-refractivity contribution >= 4 is 11.6 Å². The molecule has 0 amide bonds. The van der Waals surface area contributed by atoms with Crippen LogP contribution in [0.15, 0.2) is 30.3 Å². The minimum Gasteiger partial charge on any atom is -0.377 e. The van der Waals surface area contributed by atoms with E-state index in [2.05, 4.69) is 22.3 Å².